The number of rotatable bonds is 6. The Morgan fingerprint density at radius 2 is 1.81 bits per heavy atom. The lowest BCUT2D eigenvalue weighted by Gasteiger charge is -2.30. The van der Waals surface area contributed by atoms with E-state index in [4.69, 9.17) is 5.73 Å². The monoisotopic (exact) mass is 350 g/mol. The summed E-state index contributed by atoms with van der Waals surface area (Å²) in [6.07, 6.45) is 0.687. The molecule has 0 unspecified atom stereocenters. The van der Waals surface area contributed by atoms with Crippen molar-refractivity contribution in [2.24, 2.45) is 0 Å². The number of aryl methyl sites for hydroxylation is 1. The van der Waals surface area contributed by atoms with Crippen LogP contribution in [0.25, 0.3) is 0 Å². The fraction of sp³-hybridized carbons (Fsp3) is 0.238. The van der Waals surface area contributed by atoms with E-state index < -0.39 is 0 Å². The van der Waals surface area contributed by atoms with Gasteiger partial charge in [-0.05, 0) is 43.5 Å². The molecule has 0 aliphatic rings. The van der Waals surface area contributed by atoms with Gasteiger partial charge in [0.15, 0.2) is 0 Å². The van der Waals surface area contributed by atoms with Crippen molar-refractivity contribution in [3.05, 3.63) is 83.3 Å². The van der Waals surface area contributed by atoms with E-state index in [2.05, 4.69) is 33.9 Å². The van der Waals surface area contributed by atoms with Crippen LogP contribution in [0.15, 0.2) is 60.7 Å². The summed E-state index contributed by atoms with van der Waals surface area (Å²) in [6.45, 7) is 4.67. The molecule has 0 saturated heterocycles. The van der Waals surface area contributed by atoms with Crippen LogP contribution in [0.3, 0.4) is 0 Å². The van der Waals surface area contributed by atoms with Crippen LogP contribution in [0.2, 0.25) is 0 Å². The molecule has 0 spiro atoms. The molecule has 2 N–H and O–H groups in total. The SMILES string of the molecule is Cc1cc(N)nc(N(CCc2cccc(F)c2)[C@@H](C)c2ccccc2)n1. The molecule has 0 saturated carbocycles. The van der Waals surface area contributed by atoms with Gasteiger partial charge in [-0.15, -0.1) is 0 Å². The van der Waals surface area contributed by atoms with Crippen molar-refractivity contribution in [2.45, 2.75) is 26.3 Å². The Bertz CT molecular complexity index is 847. The summed E-state index contributed by atoms with van der Waals surface area (Å²) >= 11 is 0. The molecule has 0 aliphatic carbocycles. The van der Waals surface area contributed by atoms with Crippen molar-refractivity contribution in [3.63, 3.8) is 0 Å². The molecule has 0 aliphatic heterocycles. The fourth-order valence-corrected chi connectivity index (χ4v) is 3.03. The minimum absolute atomic E-state index is 0.0611. The lowest BCUT2D eigenvalue weighted by molar-refractivity contribution is 0.620. The van der Waals surface area contributed by atoms with Crippen molar-refractivity contribution >= 4 is 11.8 Å². The predicted molar refractivity (Wildman–Crippen MR) is 103 cm³/mol. The number of nitrogens with two attached hydrogens (primary N) is 1. The molecule has 0 amide bonds. The van der Waals surface area contributed by atoms with E-state index >= 15 is 0 Å². The number of nitrogen functional groups attached to an aromatic ring is 1. The molecule has 134 valence electrons. The van der Waals surface area contributed by atoms with E-state index in [-0.39, 0.29) is 11.9 Å². The Morgan fingerprint density at radius 3 is 2.50 bits per heavy atom. The molecule has 3 aromatic rings. The number of aromatic nitrogens is 2. The van der Waals surface area contributed by atoms with Gasteiger partial charge in [0.2, 0.25) is 5.95 Å². The quantitative estimate of drug-likeness (QED) is 0.719. The van der Waals surface area contributed by atoms with Crippen molar-refractivity contribution in [2.75, 3.05) is 17.2 Å². The number of halogens is 1. The average molecular weight is 350 g/mol. The van der Waals surface area contributed by atoms with Crippen molar-refractivity contribution in [3.8, 4) is 0 Å². The average Bonchev–Trinajstić information content (AvgIpc) is 2.62. The van der Waals surface area contributed by atoms with Gasteiger partial charge in [0.25, 0.3) is 0 Å². The molecule has 26 heavy (non-hydrogen) atoms. The van der Waals surface area contributed by atoms with Gasteiger partial charge in [0.1, 0.15) is 11.6 Å². The summed E-state index contributed by atoms with van der Waals surface area (Å²) in [5, 5.41) is 0. The van der Waals surface area contributed by atoms with E-state index in [0.29, 0.717) is 24.7 Å². The maximum absolute atomic E-state index is 13.5. The highest BCUT2D eigenvalue weighted by molar-refractivity contribution is 5.43. The van der Waals surface area contributed by atoms with Crippen LogP contribution < -0.4 is 10.6 Å². The molecular formula is C21H23FN4. The van der Waals surface area contributed by atoms with E-state index in [1.807, 2.05) is 31.2 Å². The van der Waals surface area contributed by atoms with Gasteiger partial charge in [-0.2, -0.15) is 4.98 Å². The highest BCUT2D eigenvalue weighted by Gasteiger charge is 2.19. The summed E-state index contributed by atoms with van der Waals surface area (Å²) < 4.78 is 13.5. The smallest absolute Gasteiger partial charge is 0.228 e. The summed E-state index contributed by atoms with van der Waals surface area (Å²) in [4.78, 5) is 11.1. The topological polar surface area (TPSA) is 55.0 Å². The number of anilines is 2. The van der Waals surface area contributed by atoms with Gasteiger partial charge in [-0.3, -0.25) is 0 Å². The largest absolute Gasteiger partial charge is 0.384 e. The summed E-state index contributed by atoms with van der Waals surface area (Å²) in [5.41, 5.74) is 8.86. The highest BCUT2D eigenvalue weighted by atomic mass is 19.1. The van der Waals surface area contributed by atoms with E-state index in [0.717, 1.165) is 16.8 Å². The van der Waals surface area contributed by atoms with Gasteiger partial charge in [-0.25, -0.2) is 9.37 Å². The minimum Gasteiger partial charge on any atom is -0.384 e. The summed E-state index contributed by atoms with van der Waals surface area (Å²) in [6, 6.07) is 18.7. The molecule has 5 heteroatoms. The molecule has 0 bridgehead atoms. The normalized spacial score (nSPS) is 12.0. The third kappa shape index (κ3) is 4.36. The molecular weight excluding hydrogens is 327 g/mol. The number of benzene rings is 2. The zero-order chi connectivity index (χ0) is 18.5. The minimum atomic E-state index is -0.221. The molecule has 1 atom stereocenters. The van der Waals surface area contributed by atoms with Crippen molar-refractivity contribution in [1.82, 2.24) is 9.97 Å². The summed E-state index contributed by atoms with van der Waals surface area (Å²) in [5.74, 6) is 0.819. The third-order valence-electron chi connectivity index (χ3n) is 4.40. The van der Waals surface area contributed by atoms with Crippen LogP contribution in [0.5, 0.6) is 0 Å². The number of hydrogen-bond donors (Lipinski definition) is 1. The lowest BCUT2D eigenvalue weighted by atomic mass is 10.1. The lowest BCUT2D eigenvalue weighted by Crippen LogP contribution is -2.31. The van der Waals surface area contributed by atoms with Gasteiger partial charge < -0.3 is 10.6 Å². The second-order valence-corrected chi connectivity index (χ2v) is 6.39. The summed E-state index contributed by atoms with van der Waals surface area (Å²) in [7, 11) is 0. The van der Waals surface area contributed by atoms with Gasteiger partial charge in [-0.1, -0.05) is 42.5 Å². The van der Waals surface area contributed by atoms with Crippen molar-refractivity contribution in [1.29, 1.82) is 0 Å². The second kappa shape index (κ2) is 7.95. The Morgan fingerprint density at radius 1 is 1.04 bits per heavy atom. The van der Waals surface area contributed by atoms with Crippen molar-refractivity contribution < 1.29 is 4.39 Å². The highest BCUT2D eigenvalue weighted by Crippen LogP contribution is 2.25. The predicted octanol–water partition coefficient (Wildman–Crippen LogP) is 4.32. The molecule has 2 aromatic carbocycles. The standard InChI is InChI=1S/C21H23FN4/c1-15-13-20(23)25-21(24-15)26(16(2)18-8-4-3-5-9-18)12-11-17-7-6-10-19(22)14-17/h3-10,13-14,16H,11-12H2,1-2H3,(H2,23,24,25)/t16-/m0/s1. The van der Waals surface area contributed by atoms with Crippen LogP contribution in [-0.4, -0.2) is 16.5 Å². The Labute approximate surface area is 153 Å². The first-order valence-corrected chi connectivity index (χ1v) is 8.70. The molecule has 3 rings (SSSR count). The Kier molecular flexibility index (Phi) is 5.46. The van der Waals surface area contributed by atoms with Gasteiger partial charge >= 0.3 is 0 Å². The Hall–Kier alpha value is -2.95. The van der Waals surface area contributed by atoms with E-state index in [9.17, 15) is 4.39 Å². The molecule has 1 aromatic heterocycles. The Balaban J connectivity index is 1.90. The maximum atomic E-state index is 13.5. The van der Waals surface area contributed by atoms with Crippen LogP contribution in [0, 0.1) is 12.7 Å². The molecule has 0 fully saturated rings. The zero-order valence-corrected chi connectivity index (χ0v) is 15.1. The third-order valence-corrected chi connectivity index (χ3v) is 4.40. The van der Waals surface area contributed by atoms with Gasteiger partial charge in [0.05, 0.1) is 6.04 Å². The van der Waals surface area contributed by atoms with Gasteiger partial charge in [0, 0.05) is 18.3 Å². The van der Waals surface area contributed by atoms with Crippen LogP contribution in [0.4, 0.5) is 16.2 Å². The number of nitrogens with zero attached hydrogens (tertiary/aromatic N) is 3. The fourth-order valence-electron chi connectivity index (χ4n) is 3.03. The maximum Gasteiger partial charge on any atom is 0.228 e. The molecule has 1 heterocycles. The number of hydrogen-bond acceptors (Lipinski definition) is 4. The van der Waals surface area contributed by atoms with Crippen LogP contribution >= 0.6 is 0 Å². The zero-order valence-electron chi connectivity index (χ0n) is 15.1. The second-order valence-electron chi connectivity index (χ2n) is 6.39. The first kappa shape index (κ1) is 17.9. The first-order valence-electron chi connectivity index (χ1n) is 8.70. The van der Waals surface area contributed by atoms with E-state index in [1.165, 1.54) is 6.07 Å². The molecule has 4 nitrogen and oxygen atoms in total. The van der Waals surface area contributed by atoms with Crippen LogP contribution in [0.1, 0.15) is 29.8 Å². The van der Waals surface area contributed by atoms with E-state index in [1.54, 1.807) is 18.2 Å². The first-order chi connectivity index (χ1) is 12.5. The van der Waals surface area contributed by atoms with Crippen LogP contribution in [-0.2, 0) is 6.42 Å². The molecule has 0 radical (unpaired) electrons.